The van der Waals surface area contributed by atoms with Crippen LogP contribution in [0.3, 0.4) is 0 Å². The second-order valence-electron chi connectivity index (χ2n) is 5.85. The molecule has 128 valence electrons. The summed E-state index contributed by atoms with van der Waals surface area (Å²) in [5.41, 5.74) is 1.20. The zero-order valence-corrected chi connectivity index (χ0v) is 14.6. The number of rotatable bonds is 12. The van der Waals surface area contributed by atoms with Gasteiger partial charge in [-0.3, -0.25) is 4.79 Å². The first-order valence-corrected chi connectivity index (χ1v) is 8.83. The van der Waals surface area contributed by atoms with Gasteiger partial charge in [0.1, 0.15) is 5.75 Å². The van der Waals surface area contributed by atoms with E-state index in [-0.39, 0.29) is 5.91 Å². The number of methoxy groups -OCH3 is 1. The van der Waals surface area contributed by atoms with E-state index in [0.29, 0.717) is 6.54 Å². The van der Waals surface area contributed by atoms with Gasteiger partial charge < -0.3 is 10.1 Å². The van der Waals surface area contributed by atoms with E-state index in [1.165, 1.54) is 44.1 Å². The van der Waals surface area contributed by atoms with Crippen LogP contribution < -0.4 is 10.1 Å². The lowest BCUT2D eigenvalue weighted by Gasteiger charge is -2.04. The van der Waals surface area contributed by atoms with Gasteiger partial charge >= 0.3 is 0 Å². The maximum atomic E-state index is 11.7. The number of nitrogens with one attached hydrogen (secondary N) is 1. The maximum Gasteiger partial charge on any atom is 0.243 e. The van der Waals surface area contributed by atoms with Crippen molar-refractivity contribution in [2.75, 3.05) is 13.7 Å². The summed E-state index contributed by atoms with van der Waals surface area (Å²) in [5, 5.41) is 2.92. The van der Waals surface area contributed by atoms with Gasteiger partial charge in [0, 0.05) is 6.54 Å². The van der Waals surface area contributed by atoms with Crippen LogP contribution in [-0.2, 0) is 11.2 Å². The Morgan fingerprint density at radius 1 is 1.09 bits per heavy atom. The van der Waals surface area contributed by atoms with Crippen molar-refractivity contribution in [3.63, 3.8) is 0 Å². The molecule has 3 heteroatoms. The molecule has 0 aliphatic heterocycles. The third kappa shape index (κ3) is 9.77. The molecule has 0 radical (unpaired) electrons. The summed E-state index contributed by atoms with van der Waals surface area (Å²) in [6.07, 6.45) is 13.2. The summed E-state index contributed by atoms with van der Waals surface area (Å²) in [5.74, 6) is 0.861. The van der Waals surface area contributed by atoms with Gasteiger partial charge in [0.15, 0.2) is 0 Å². The molecular formula is C20H31NO2. The van der Waals surface area contributed by atoms with Gasteiger partial charge in [-0.2, -0.15) is 0 Å². The van der Waals surface area contributed by atoms with E-state index in [4.69, 9.17) is 4.74 Å². The summed E-state index contributed by atoms with van der Waals surface area (Å²) >= 11 is 0. The number of allylic oxidation sites excluding steroid dienone is 1. The fourth-order valence-corrected chi connectivity index (χ4v) is 2.41. The molecule has 0 aromatic heterocycles. The van der Waals surface area contributed by atoms with E-state index >= 15 is 0 Å². The highest BCUT2D eigenvalue weighted by Gasteiger charge is 1.97. The third-order valence-electron chi connectivity index (χ3n) is 3.87. The summed E-state index contributed by atoms with van der Waals surface area (Å²) in [4.78, 5) is 11.7. The lowest BCUT2D eigenvalue weighted by atomic mass is 10.1. The number of hydrogen-bond acceptors (Lipinski definition) is 2. The molecule has 0 atom stereocenters. The number of hydrogen-bond donors (Lipinski definition) is 1. The van der Waals surface area contributed by atoms with Gasteiger partial charge in [0.25, 0.3) is 0 Å². The second-order valence-corrected chi connectivity index (χ2v) is 5.85. The average Bonchev–Trinajstić information content (AvgIpc) is 2.58. The van der Waals surface area contributed by atoms with E-state index in [0.717, 1.165) is 18.6 Å². The molecule has 0 unspecified atom stereocenters. The van der Waals surface area contributed by atoms with Gasteiger partial charge in [-0.25, -0.2) is 0 Å². The third-order valence-corrected chi connectivity index (χ3v) is 3.87. The molecule has 0 heterocycles. The van der Waals surface area contributed by atoms with Crippen LogP contribution in [0.15, 0.2) is 36.4 Å². The zero-order chi connectivity index (χ0) is 16.8. The first kappa shape index (κ1) is 19.3. The molecule has 0 spiro atoms. The van der Waals surface area contributed by atoms with Gasteiger partial charge in [-0.15, -0.1) is 0 Å². The van der Waals surface area contributed by atoms with Crippen molar-refractivity contribution in [3.8, 4) is 5.75 Å². The Bertz CT molecular complexity index is 451. The molecule has 1 aromatic rings. The first-order chi connectivity index (χ1) is 11.3. The molecule has 0 aliphatic carbocycles. The number of benzene rings is 1. The van der Waals surface area contributed by atoms with Crippen LogP contribution in [0.1, 0.15) is 57.4 Å². The van der Waals surface area contributed by atoms with Gasteiger partial charge in [-0.05, 0) is 43.0 Å². The highest BCUT2D eigenvalue weighted by atomic mass is 16.5. The number of unbranched alkanes of at least 4 members (excludes halogenated alkanes) is 6. The maximum absolute atomic E-state index is 11.7. The number of ether oxygens (including phenoxy) is 1. The highest BCUT2D eigenvalue weighted by Crippen LogP contribution is 2.11. The van der Waals surface area contributed by atoms with Crippen LogP contribution in [0.25, 0.3) is 0 Å². The van der Waals surface area contributed by atoms with E-state index in [9.17, 15) is 4.79 Å². The fourth-order valence-electron chi connectivity index (χ4n) is 2.41. The number of carbonyl (C=O) groups excluding carboxylic acids is 1. The van der Waals surface area contributed by atoms with Gasteiger partial charge in [0.05, 0.1) is 7.11 Å². The van der Waals surface area contributed by atoms with Crippen molar-refractivity contribution < 1.29 is 9.53 Å². The summed E-state index contributed by atoms with van der Waals surface area (Å²) in [6, 6.07) is 7.94. The molecule has 0 aliphatic rings. The Labute approximate surface area is 141 Å². The monoisotopic (exact) mass is 317 g/mol. The van der Waals surface area contributed by atoms with Gasteiger partial charge in [-0.1, -0.05) is 57.2 Å². The lowest BCUT2D eigenvalue weighted by molar-refractivity contribution is -0.116. The molecule has 1 rings (SSSR count). The van der Waals surface area contributed by atoms with Crippen LogP contribution in [0.5, 0.6) is 5.75 Å². The largest absolute Gasteiger partial charge is 0.497 e. The number of amides is 1. The van der Waals surface area contributed by atoms with Crippen molar-refractivity contribution in [1.29, 1.82) is 0 Å². The summed E-state index contributed by atoms with van der Waals surface area (Å²) in [7, 11) is 1.66. The summed E-state index contributed by atoms with van der Waals surface area (Å²) in [6.45, 7) is 2.89. The van der Waals surface area contributed by atoms with Crippen molar-refractivity contribution in [2.45, 2.75) is 58.3 Å². The molecule has 0 saturated carbocycles. The Balaban J connectivity index is 2.05. The second kappa shape index (κ2) is 12.7. The van der Waals surface area contributed by atoms with E-state index < -0.39 is 0 Å². The molecule has 0 fully saturated rings. The van der Waals surface area contributed by atoms with Gasteiger partial charge in [0.2, 0.25) is 5.91 Å². The predicted octanol–water partition coefficient (Wildman–Crippen LogP) is 4.66. The smallest absolute Gasteiger partial charge is 0.243 e. The molecule has 0 bridgehead atoms. The topological polar surface area (TPSA) is 38.3 Å². The quantitative estimate of drug-likeness (QED) is 0.450. The zero-order valence-electron chi connectivity index (χ0n) is 14.6. The average molecular weight is 317 g/mol. The molecule has 3 nitrogen and oxygen atoms in total. The van der Waals surface area contributed by atoms with Crippen molar-refractivity contribution in [1.82, 2.24) is 5.32 Å². The molecule has 23 heavy (non-hydrogen) atoms. The SMILES string of the molecule is CCCCCCCC/C=C/C(=O)NCCc1ccc(OC)cc1. The first-order valence-electron chi connectivity index (χ1n) is 8.83. The van der Waals surface area contributed by atoms with E-state index in [1.54, 1.807) is 13.2 Å². The van der Waals surface area contributed by atoms with Crippen LogP contribution in [0, 0.1) is 0 Å². The molecule has 1 amide bonds. The predicted molar refractivity (Wildman–Crippen MR) is 96.8 cm³/mol. The Morgan fingerprint density at radius 3 is 2.48 bits per heavy atom. The minimum Gasteiger partial charge on any atom is -0.497 e. The summed E-state index contributed by atoms with van der Waals surface area (Å²) < 4.78 is 5.12. The molecular weight excluding hydrogens is 286 g/mol. The molecule has 1 aromatic carbocycles. The Hall–Kier alpha value is -1.77. The fraction of sp³-hybridized carbons (Fsp3) is 0.550. The molecule has 1 N–H and O–H groups in total. The highest BCUT2D eigenvalue weighted by molar-refractivity contribution is 5.87. The minimum atomic E-state index is 0.00416. The van der Waals surface area contributed by atoms with Crippen LogP contribution in [-0.4, -0.2) is 19.6 Å². The van der Waals surface area contributed by atoms with E-state index in [1.807, 2.05) is 30.3 Å². The van der Waals surface area contributed by atoms with Crippen LogP contribution in [0.2, 0.25) is 0 Å². The number of carbonyl (C=O) groups is 1. The van der Waals surface area contributed by atoms with Crippen molar-refractivity contribution in [3.05, 3.63) is 42.0 Å². The van der Waals surface area contributed by atoms with Crippen molar-refractivity contribution >= 4 is 5.91 Å². The standard InChI is InChI=1S/C20H31NO2/c1-3-4-5-6-7-8-9-10-11-20(22)21-17-16-18-12-14-19(23-2)15-13-18/h10-15H,3-9,16-17H2,1-2H3,(H,21,22)/b11-10+. The van der Waals surface area contributed by atoms with Crippen molar-refractivity contribution in [2.24, 2.45) is 0 Å². The minimum absolute atomic E-state index is 0.00416. The van der Waals surface area contributed by atoms with Crippen LogP contribution >= 0.6 is 0 Å². The normalized spacial score (nSPS) is 10.9. The van der Waals surface area contributed by atoms with E-state index in [2.05, 4.69) is 12.2 Å². The Morgan fingerprint density at radius 2 is 1.78 bits per heavy atom. The Kier molecular flexibility index (Phi) is 10.7. The molecule has 0 saturated heterocycles. The van der Waals surface area contributed by atoms with Crippen LogP contribution in [0.4, 0.5) is 0 Å². The lowest BCUT2D eigenvalue weighted by Crippen LogP contribution is -2.23.